The molecule has 0 radical (unpaired) electrons. The average molecular weight is 394 g/mol. The monoisotopic (exact) mass is 394 g/mol. The van der Waals surface area contributed by atoms with Gasteiger partial charge in [0.05, 0.1) is 27.8 Å². The third kappa shape index (κ3) is 2.81. The molecule has 0 atom stereocenters. The maximum absolute atomic E-state index is 11.8. The molecular formula is C21H22N4O2S. The van der Waals surface area contributed by atoms with Gasteiger partial charge >= 0.3 is 0 Å². The lowest BCUT2D eigenvalue weighted by Crippen LogP contribution is -2.09. The van der Waals surface area contributed by atoms with Gasteiger partial charge in [0.2, 0.25) is 0 Å². The minimum Gasteiger partial charge on any atom is -0.345 e. The molecule has 0 amide bonds. The minimum absolute atomic E-state index is 0.318. The van der Waals surface area contributed by atoms with Crippen molar-refractivity contribution in [2.45, 2.75) is 42.9 Å². The Morgan fingerprint density at radius 3 is 2.50 bits per heavy atom. The Labute approximate surface area is 163 Å². The Morgan fingerprint density at radius 1 is 1.04 bits per heavy atom. The molecule has 1 aliphatic carbocycles. The van der Waals surface area contributed by atoms with E-state index < -0.39 is 9.84 Å². The number of imidazole rings is 1. The molecule has 0 unspecified atom stereocenters. The van der Waals surface area contributed by atoms with Gasteiger partial charge in [0.15, 0.2) is 15.5 Å². The topological polar surface area (TPSA) is 80.1 Å². The molecule has 0 spiro atoms. The van der Waals surface area contributed by atoms with Gasteiger partial charge in [-0.1, -0.05) is 31.4 Å². The van der Waals surface area contributed by atoms with Crippen LogP contribution in [0.3, 0.4) is 0 Å². The van der Waals surface area contributed by atoms with E-state index in [-0.39, 0.29) is 0 Å². The summed E-state index contributed by atoms with van der Waals surface area (Å²) in [4.78, 5) is 13.1. The summed E-state index contributed by atoms with van der Waals surface area (Å²) in [5.41, 5.74) is 4.60. The van der Waals surface area contributed by atoms with Crippen LogP contribution >= 0.6 is 0 Å². The fourth-order valence-electron chi connectivity index (χ4n) is 4.29. The molecule has 0 aliphatic heterocycles. The van der Waals surface area contributed by atoms with Crippen LogP contribution in [0.15, 0.2) is 47.6 Å². The van der Waals surface area contributed by atoms with E-state index in [1.807, 2.05) is 30.6 Å². The Kier molecular flexibility index (Phi) is 4.01. The molecule has 144 valence electrons. The maximum Gasteiger partial charge on any atom is 0.175 e. The number of benzene rings is 1. The molecule has 6 nitrogen and oxygen atoms in total. The summed E-state index contributed by atoms with van der Waals surface area (Å²) in [5.74, 6) is 1.52. The van der Waals surface area contributed by atoms with Gasteiger partial charge in [-0.25, -0.2) is 18.4 Å². The average Bonchev–Trinajstić information content (AvgIpc) is 3.32. The second-order valence-corrected chi connectivity index (χ2v) is 9.66. The number of H-pyrrole nitrogens is 1. The van der Waals surface area contributed by atoms with Gasteiger partial charge in [0.25, 0.3) is 0 Å². The maximum atomic E-state index is 11.8. The second-order valence-electron chi connectivity index (χ2n) is 7.64. The molecule has 3 heterocycles. The molecule has 5 rings (SSSR count). The Hall–Kier alpha value is -2.67. The smallest absolute Gasteiger partial charge is 0.175 e. The van der Waals surface area contributed by atoms with E-state index in [9.17, 15) is 8.42 Å². The molecule has 1 N–H and O–H groups in total. The van der Waals surface area contributed by atoms with E-state index in [2.05, 4.69) is 14.4 Å². The number of hydrogen-bond donors (Lipinski definition) is 1. The van der Waals surface area contributed by atoms with Crippen molar-refractivity contribution < 1.29 is 8.42 Å². The molecule has 3 aromatic heterocycles. The van der Waals surface area contributed by atoms with Crippen molar-refractivity contribution in [3.8, 4) is 11.3 Å². The van der Waals surface area contributed by atoms with Crippen LogP contribution in [-0.2, 0) is 9.84 Å². The molecular weight excluding hydrogens is 372 g/mol. The lowest BCUT2D eigenvalue weighted by Gasteiger charge is -2.20. The van der Waals surface area contributed by atoms with Crippen molar-refractivity contribution in [2.75, 3.05) is 6.26 Å². The van der Waals surface area contributed by atoms with E-state index in [1.54, 1.807) is 12.1 Å². The van der Waals surface area contributed by atoms with Crippen LogP contribution in [0.25, 0.3) is 27.9 Å². The molecule has 1 saturated carbocycles. The first-order valence-electron chi connectivity index (χ1n) is 9.67. The predicted octanol–water partition coefficient (Wildman–Crippen LogP) is 4.33. The summed E-state index contributed by atoms with van der Waals surface area (Å²) < 4.78 is 25.8. The highest BCUT2D eigenvalue weighted by Crippen LogP contribution is 2.36. The van der Waals surface area contributed by atoms with Crippen LogP contribution in [-0.4, -0.2) is 34.0 Å². The van der Waals surface area contributed by atoms with Crippen molar-refractivity contribution in [2.24, 2.45) is 0 Å². The second kappa shape index (κ2) is 6.44. The van der Waals surface area contributed by atoms with Crippen LogP contribution in [0.2, 0.25) is 0 Å². The lowest BCUT2D eigenvalue weighted by atomic mass is 9.89. The first-order chi connectivity index (χ1) is 13.5. The van der Waals surface area contributed by atoms with Crippen molar-refractivity contribution >= 4 is 26.5 Å². The van der Waals surface area contributed by atoms with E-state index in [0.29, 0.717) is 10.8 Å². The van der Waals surface area contributed by atoms with E-state index in [4.69, 9.17) is 4.98 Å². The van der Waals surface area contributed by atoms with Crippen molar-refractivity contribution in [1.29, 1.82) is 0 Å². The fraction of sp³-hybridized carbons (Fsp3) is 0.333. The summed E-state index contributed by atoms with van der Waals surface area (Å²) in [7, 11) is -3.22. The third-order valence-electron chi connectivity index (χ3n) is 5.73. The van der Waals surface area contributed by atoms with Gasteiger partial charge in [-0.2, -0.15) is 0 Å². The fourth-order valence-corrected chi connectivity index (χ4v) is 4.92. The molecule has 1 aromatic carbocycles. The zero-order valence-electron chi connectivity index (χ0n) is 15.7. The molecule has 1 aliphatic rings. The number of fused-ring (bicyclic) bond motifs is 3. The van der Waals surface area contributed by atoms with Crippen molar-refractivity contribution in [3.05, 3.63) is 48.5 Å². The molecule has 0 saturated heterocycles. The van der Waals surface area contributed by atoms with Gasteiger partial charge in [-0.05, 0) is 31.0 Å². The van der Waals surface area contributed by atoms with Gasteiger partial charge in [-0.15, -0.1) is 0 Å². The quantitative estimate of drug-likeness (QED) is 0.561. The zero-order chi connectivity index (χ0) is 19.3. The number of aromatic amines is 1. The van der Waals surface area contributed by atoms with E-state index in [1.165, 1.54) is 25.5 Å². The molecule has 28 heavy (non-hydrogen) atoms. The Bertz CT molecular complexity index is 1260. The van der Waals surface area contributed by atoms with Crippen LogP contribution in [0, 0.1) is 0 Å². The van der Waals surface area contributed by atoms with Gasteiger partial charge in [0, 0.05) is 23.9 Å². The Morgan fingerprint density at radius 2 is 1.79 bits per heavy atom. The summed E-state index contributed by atoms with van der Waals surface area (Å²) in [5, 5.41) is 0. The zero-order valence-corrected chi connectivity index (χ0v) is 16.5. The minimum atomic E-state index is -3.22. The van der Waals surface area contributed by atoms with Crippen LogP contribution in [0.5, 0.6) is 0 Å². The van der Waals surface area contributed by atoms with E-state index in [0.717, 1.165) is 46.6 Å². The van der Waals surface area contributed by atoms with Crippen LogP contribution < -0.4 is 0 Å². The number of nitrogens with one attached hydrogen (secondary N) is 1. The lowest BCUT2D eigenvalue weighted by molar-refractivity contribution is 0.429. The third-order valence-corrected chi connectivity index (χ3v) is 6.85. The number of hydrogen-bond acceptors (Lipinski definition) is 4. The molecule has 1 fully saturated rings. The van der Waals surface area contributed by atoms with Gasteiger partial charge < -0.3 is 4.98 Å². The summed E-state index contributed by atoms with van der Waals surface area (Å²) in [6, 6.07) is 9.02. The molecule has 4 aromatic rings. The number of nitrogens with zero attached hydrogens (tertiary/aromatic N) is 3. The number of rotatable bonds is 3. The van der Waals surface area contributed by atoms with Crippen molar-refractivity contribution in [1.82, 2.24) is 19.4 Å². The molecule has 7 heteroatoms. The first-order valence-corrected chi connectivity index (χ1v) is 11.6. The normalized spacial score (nSPS) is 16.2. The highest BCUT2D eigenvalue weighted by molar-refractivity contribution is 7.90. The van der Waals surface area contributed by atoms with Crippen molar-refractivity contribution in [3.63, 3.8) is 0 Å². The number of aromatic nitrogens is 4. The highest BCUT2D eigenvalue weighted by atomic mass is 32.2. The summed E-state index contributed by atoms with van der Waals surface area (Å²) in [6.07, 6.45) is 11.1. The largest absolute Gasteiger partial charge is 0.345 e. The van der Waals surface area contributed by atoms with Crippen LogP contribution in [0.1, 0.15) is 43.8 Å². The summed E-state index contributed by atoms with van der Waals surface area (Å²) >= 11 is 0. The Balaban J connectivity index is 1.73. The predicted molar refractivity (Wildman–Crippen MR) is 109 cm³/mol. The highest BCUT2D eigenvalue weighted by Gasteiger charge is 2.24. The van der Waals surface area contributed by atoms with Crippen LogP contribution in [0.4, 0.5) is 0 Å². The standard InChI is InChI=1S/C21H22N4O2S/c1-28(26,27)16-9-7-14(8-10-16)19-18-13-23-20-17(11-12-22-20)25(18)21(24-19)15-5-3-2-4-6-15/h7-13,15,22H,2-6H2,1H3. The van der Waals surface area contributed by atoms with E-state index >= 15 is 0 Å². The van der Waals surface area contributed by atoms with Gasteiger partial charge in [-0.3, -0.25) is 4.40 Å². The van der Waals surface area contributed by atoms with Gasteiger partial charge in [0.1, 0.15) is 5.82 Å². The molecule has 0 bridgehead atoms. The number of sulfone groups is 1. The SMILES string of the molecule is CS(=O)(=O)c1ccc(-c2nc(C3CCCCC3)n3c2cnc2[nH]ccc23)cc1. The summed E-state index contributed by atoms with van der Waals surface area (Å²) in [6.45, 7) is 0. The first kappa shape index (κ1) is 17.4.